The van der Waals surface area contributed by atoms with Crippen LogP contribution in [0.15, 0.2) is 82.6 Å². The minimum atomic E-state index is -3.80. The van der Waals surface area contributed by atoms with Crippen molar-refractivity contribution in [2.45, 2.75) is 16.7 Å². The van der Waals surface area contributed by atoms with E-state index in [2.05, 4.69) is 20.7 Å². The van der Waals surface area contributed by atoms with Crippen molar-refractivity contribution in [3.63, 3.8) is 0 Å². The maximum atomic E-state index is 12.6. The zero-order valence-corrected chi connectivity index (χ0v) is 19.2. The lowest BCUT2D eigenvalue weighted by Gasteiger charge is -2.13. The summed E-state index contributed by atoms with van der Waals surface area (Å²) in [5.74, 6) is 1.70. The number of aryl methyl sites for hydroxylation is 1. The second-order valence-electron chi connectivity index (χ2n) is 6.96. The van der Waals surface area contributed by atoms with Gasteiger partial charge >= 0.3 is 0 Å². The highest BCUT2D eigenvalue weighted by Crippen LogP contribution is 2.24. The molecule has 0 radical (unpaired) electrons. The van der Waals surface area contributed by atoms with Gasteiger partial charge in [0.05, 0.1) is 22.0 Å². The van der Waals surface area contributed by atoms with Gasteiger partial charge in [-0.05, 0) is 61.0 Å². The number of hydrogen-bond donors (Lipinski definition) is 3. The Hall–Kier alpha value is -3.65. The fourth-order valence-electron chi connectivity index (χ4n) is 2.82. The van der Waals surface area contributed by atoms with Crippen molar-refractivity contribution in [1.29, 1.82) is 0 Å². The number of hydrogen-bond acceptors (Lipinski definition) is 5. The molecule has 3 aromatic rings. The Labute approximate surface area is 193 Å². The Bertz CT molecular complexity index is 1410. The van der Waals surface area contributed by atoms with Crippen LogP contribution >= 0.6 is 0 Å². The summed E-state index contributed by atoms with van der Waals surface area (Å²) in [5, 5.41) is 2.68. The van der Waals surface area contributed by atoms with E-state index in [9.17, 15) is 21.6 Å². The number of terminal acetylenes is 1. The highest BCUT2D eigenvalue weighted by molar-refractivity contribution is 7.92. The molecule has 0 aliphatic heterocycles. The van der Waals surface area contributed by atoms with Crippen LogP contribution in [0.5, 0.6) is 0 Å². The van der Waals surface area contributed by atoms with Gasteiger partial charge in [0, 0.05) is 11.3 Å². The lowest BCUT2D eigenvalue weighted by Crippen LogP contribution is -2.24. The van der Waals surface area contributed by atoms with Gasteiger partial charge in [-0.15, -0.1) is 6.42 Å². The molecule has 3 N–H and O–H groups in total. The Balaban J connectivity index is 1.76. The van der Waals surface area contributed by atoms with E-state index in [1.165, 1.54) is 42.5 Å². The molecule has 170 valence electrons. The predicted molar refractivity (Wildman–Crippen MR) is 127 cm³/mol. The highest BCUT2D eigenvalue weighted by atomic mass is 32.2. The zero-order chi connectivity index (χ0) is 24.1. The van der Waals surface area contributed by atoms with Crippen LogP contribution in [-0.4, -0.2) is 29.3 Å². The molecule has 3 rings (SSSR count). The first-order valence-electron chi connectivity index (χ1n) is 9.65. The quantitative estimate of drug-likeness (QED) is 0.425. The van der Waals surface area contributed by atoms with Crippen molar-refractivity contribution < 1.29 is 21.6 Å². The molecule has 33 heavy (non-hydrogen) atoms. The van der Waals surface area contributed by atoms with Crippen LogP contribution in [0, 0.1) is 19.3 Å². The third kappa shape index (κ3) is 5.98. The fraction of sp³-hybridized carbons (Fsp3) is 0.0870. The van der Waals surface area contributed by atoms with Crippen LogP contribution in [0.1, 0.15) is 15.9 Å². The van der Waals surface area contributed by atoms with E-state index in [1.54, 1.807) is 37.3 Å². The van der Waals surface area contributed by atoms with Gasteiger partial charge in [-0.1, -0.05) is 30.2 Å². The van der Waals surface area contributed by atoms with E-state index in [0.29, 0.717) is 16.9 Å². The van der Waals surface area contributed by atoms with Crippen molar-refractivity contribution in [2.75, 3.05) is 16.6 Å². The number of rotatable bonds is 8. The number of nitrogens with one attached hydrogen (secondary N) is 3. The summed E-state index contributed by atoms with van der Waals surface area (Å²) in [6.45, 7) is 1.59. The monoisotopic (exact) mass is 483 g/mol. The molecule has 0 atom stereocenters. The van der Waals surface area contributed by atoms with E-state index in [0.717, 1.165) is 0 Å². The normalized spacial score (nSPS) is 11.4. The van der Waals surface area contributed by atoms with Gasteiger partial charge in [0.1, 0.15) is 0 Å². The molecule has 1 amide bonds. The minimum absolute atomic E-state index is 0.0257. The summed E-state index contributed by atoms with van der Waals surface area (Å²) >= 11 is 0. The number of carbonyl (C=O) groups is 1. The number of benzene rings is 3. The lowest BCUT2D eigenvalue weighted by atomic mass is 10.1. The molecule has 0 heterocycles. The second kappa shape index (κ2) is 9.87. The van der Waals surface area contributed by atoms with Gasteiger partial charge < -0.3 is 5.32 Å². The van der Waals surface area contributed by atoms with E-state index < -0.39 is 26.0 Å². The molecule has 0 aliphatic rings. The summed E-state index contributed by atoms with van der Waals surface area (Å²) in [5.41, 5.74) is 1.57. The van der Waals surface area contributed by atoms with Crippen molar-refractivity contribution in [2.24, 2.45) is 0 Å². The summed E-state index contributed by atoms with van der Waals surface area (Å²) in [4.78, 5) is 12.7. The van der Waals surface area contributed by atoms with Crippen LogP contribution in [-0.2, 0) is 20.0 Å². The molecule has 10 heteroatoms. The van der Waals surface area contributed by atoms with Gasteiger partial charge in [-0.2, -0.15) is 4.72 Å². The van der Waals surface area contributed by atoms with Crippen molar-refractivity contribution in [3.05, 3.63) is 83.9 Å². The highest BCUT2D eigenvalue weighted by Gasteiger charge is 2.17. The number of carbonyl (C=O) groups excluding carboxylic acids is 1. The van der Waals surface area contributed by atoms with Crippen molar-refractivity contribution in [1.82, 2.24) is 4.72 Å². The average Bonchev–Trinajstić information content (AvgIpc) is 2.80. The van der Waals surface area contributed by atoms with Gasteiger partial charge in [-0.3, -0.25) is 9.52 Å². The summed E-state index contributed by atoms with van der Waals surface area (Å²) in [6.07, 6.45) is 5.07. The summed E-state index contributed by atoms with van der Waals surface area (Å²) < 4.78 is 54.2. The molecular weight excluding hydrogens is 462 g/mol. The van der Waals surface area contributed by atoms with Crippen LogP contribution < -0.4 is 14.8 Å². The smallest absolute Gasteiger partial charge is 0.261 e. The molecule has 0 unspecified atom stereocenters. The number of anilines is 2. The molecule has 3 aromatic carbocycles. The first-order valence-corrected chi connectivity index (χ1v) is 12.6. The molecule has 0 saturated heterocycles. The van der Waals surface area contributed by atoms with Gasteiger partial charge in [0.25, 0.3) is 15.9 Å². The second-order valence-corrected chi connectivity index (χ2v) is 10.4. The number of sulfonamides is 2. The Morgan fingerprint density at radius 3 is 2.15 bits per heavy atom. The minimum Gasteiger partial charge on any atom is -0.322 e. The van der Waals surface area contributed by atoms with Crippen LogP contribution in [0.2, 0.25) is 0 Å². The molecule has 0 aliphatic carbocycles. The van der Waals surface area contributed by atoms with Gasteiger partial charge in [-0.25, -0.2) is 16.8 Å². The topological polar surface area (TPSA) is 121 Å². The molecule has 0 saturated carbocycles. The van der Waals surface area contributed by atoms with Gasteiger partial charge in [0.15, 0.2) is 0 Å². The predicted octanol–water partition coefficient (Wildman–Crippen LogP) is 2.96. The molecule has 0 spiro atoms. The molecule has 0 aromatic heterocycles. The Morgan fingerprint density at radius 1 is 0.879 bits per heavy atom. The van der Waals surface area contributed by atoms with Crippen LogP contribution in [0.25, 0.3) is 0 Å². The zero-order valence-electron chi connectivity index (χ0n) is 17.6. The largest absolute Gasteiger partial charge is 0.322 e. The fourth-order valence-corrected chi connectivity index (χ4v) is 4.90. The van der Waals surface area contributed by atoms with E-state index in [-0.39, 0.29) is 21.9 Å². The standard InChI is InChI=1S/C23H21N3O5S2/c1-3-15-24-32(28,29)21-13-10-18(11-14-21)23(27)25-19-12-9-17(2)22(16-19)26-33(30,31)20-7-5-4-6-8-20/h1,4-14,16,24,26H,15H2,2H3,(H,25,27). The van der Waals surface area contributed by atoms with E-state index in [1.807, 2.05) is 0 Å². The third-order valence-electron chi connectivity index (χ3n) is 4.58. The van der Waals surface area contributed by atoms with Crippen LogP contribution in [0.4, 0.5) is 11.4 Å². The summed E-state index contributed by atoms with van der Waals surface area (Å²) in [7, 11) is -7.56. The maximum Gasteiger partial charge on any atom is 0.261 e. The van der Waals surface area contributed by atoms with Gasteiger partial charge in [0.2, 0.25) is 10.0 Å². The van der Waals surface area contributed by atoms with Crippen molar-refractivity contribution >= 4 is 37.3 Å². The SMILES string of the molecule is C#CCNS(=O)(=O)c1ccc(C(=O)Nc2ccc(C)c(NS(=O)(=O)c3ccccc3)c2)cc1. The average molecular weight is 484 g/mol. The van der Waals surface area contributed by atoms with Crippen molar-refractivity contribution in [3.8, 4) is 12.3 Å². The molecule has 8 nitrogen and oxygen atoms in total. The first-order chi connectivity index (χ1) is 15.6. The number of amides is 1. The molecule has 0 fully saturated rings. The lowest BCUT2D eigenvalue weighted by molar-refractivity contribution is 0.102. The van der Waals surface area contributed by atoms with E-state index in [4.69, 9.17) is 6.42 Å². The van der Waals surface area contributed by atoms with E-state index >= 15 is 0 Å². The Kier molecular flexibility index (Phi) is 7.18. The molecular formula is C23H21N3O5S2. The maximum absolute atomic E-state index is 12.6. The first kappa shape index (κ1) is 24.0. The Morgan fingerprint density at radius 2 is 1.52 bits per heavy atom. The van der Waals surface area contributed by atoms with Crippen LogP contribution in [0.3, 0.4) is 0 Å². The third-order valence-corrected chi connectivity index (χ3v) is 7.38. The molecule has 0 bridgehead atoms. The summed E-state index contributed by atoms with van der Waals surface area (Å²) in [6, 6.07) is 18.1.